The van der Waals surface area contributed by atoms with Crippen LogP contribution in [0.1, 0.15) is 11.1 Å². The highest BCUT2D eigenvalue weighted by Crippen LogP contribution is 2.36. The monoisotopic (exact) mass is 433 g/mol. The normalized spacial score (nSPS) is 20.4. The fourth-order valence-corrected chi connectivity index (χ4v) is 4.88. The Morgan fingerprint density at radius 1 is 0.906 bits per heavy atom. The molecule has 0 saturated carbocycles. The number of carbonyl (C=O) groups is 1. The Kier molecular flexibility index (Phi) is 5.62. The second-order valence-electron chi connectivity index (χ2n) is 8.56. The first kappa shape index (κ1) is 20.6. The van der Waals surface area contributed by atoms with Crippen molar-refractivity contribution in [2.24, 2.45) is 5.92 Å². The molecule has 164 valence electrons. The lowest BCUT2D eigenvalue weighted by Gasteiger charge is -2.49. The topological polar surface area (TPSA) is 35.6 Å². The van der Waals surface area contributed by atoms with Crippen molar-refractivity contribution in [2.45, 2.75) is 19.0 Å². The second-order valence-corrected chi connectivity index (χ2v) is 8.56. The van der Waals surface area contributed by atoms with Gasteiger partial charge in [0.2, 0.25) is 5.91 Å². The van der Waals surface area contributed by atoms with Crippen molar-refractivity contribution in [1.29, 1.82) is 0 Å². The number of hydrogen-bond acceptors (Lipinski definition) is 3. The Balaban J connectivity index is 1.38. The van der Waals surface area contributed by atoms with Gasteiger partial charge in [-0.2, -0.15) is 0 Å². The van der Waals surface area contributed by atoms with Gasteiger partial charge in [-0.3, -0.25) is 9.69 Å². The van der Waals surface area contributed by atoms with Crippen LogP contribution in [0.4, 0.5) is 20.2 Å². The molecule has 0 radical (unpaired) electrons. The molecule has 0 unspecified atom stereocenters. The van der Waals surface area contributed by atoms with Crippen molar-refractivity contribution in [1.82, 2.24) is 4.90 Å². The fraction of sp³-hybridized carbons (Fsp3) is 0.269. The predicted molar refractivity (Wildman–Crippen MR) is 121 cm³/mol. The van der Waals surface area contributed by atoms with Crippen molar-refractivity contribution in [2.75, 3.05) is 29.9 Å². The molecular weight excluding hydrogens is 408 g/mol. The molecule has 6 heteroatoms. The van der Waals surface area contributed by atoms with E-state index in [1.807, 2.05) is 24.3 Å². The van der Waals surface area contributed by atoms with Gasteiger partial charge in [-0.05, 0) is 60.0 Å². The SMILES string of the molecule is O=C(Nc1ccc(F)cc1)[C@@H]1Cc2ccccc2N2CCN(Cc3ccc(F)cc3)C[C@@H]12. The quantitative estimate of drug-likeness (QED) is 0.660. The molecule has 4 nitrogen and oxygen atoms in total. The molecule has 32 heavy (non-hydrogen) atoms. The molecule has 1 amide bonds. The highest BCUT2D eigenvalue weighted by molar-refractivity contribution is 5.94. The zero-order valence-corrected chi connectivity index (χ0v) is 17.7. The van der Waals surface area contributed by atoms with Crippen LogP contribution >= 0.6 is 0 Å². The number of nitrogens with one attached hydrogen (secondary N) is 1. The number of anilines is 2. The highest BCUT2D eigenvalue weighted by atomic mass is 19.1. The van der Waals surface area contributed by atoms with Crippen LogP contribution in [0.25, 0.3) is 0 Å². The number of piperazine rings is 1. The fourth-order valence-electron chi connectivity index (χ4n) is 4.88. The standard InChI is InChI=1S/C26H25F2N3O/c27-20-7-5-18(6-8-20)16-30-13-14-31-24-4-2-1-3-19(24)15-23(25(31)17-30)26(32)29-22-11-9-21(28)10-12-22/h1-12,23,25H,13-17H2,(H,29,32)/t23-,25+/m1/s1. The summed E-state index contributed by atoms with van der Waals surface area (Å²) in [4.78, 5) is 18.0. The summed E-state index contributed by atoms with van der Waals surface area (Å²) < 4.78 is 26.5. The van der Waals surface area contributed by atoms with Crippen LogP contribution in [0.3, 0.4) is 0 Å². The van der Waals surface area contributed by atoms with E-state index in [4.69, 9.17) is 0 Å². The van der Waals surface area contributed by atoms with Crippen LogP contribution in [-0.4, -0.2) is 36.5 Å². The second kappa shape index (κ2) is 8.71. The van der Waals surface area contributed by atoms with Gasteiger partial charge in [-0.1, -0.05) is 30.3 Å². The van der Waals surface area contributed by atoms with Crippen molar-refractivity contribution >= 4 is 17.3 Å². The summed E-state index contributed by atoms with van der Waals surface area (Å²) >= 11 is 0. The minimum Gasteiger partial charge on any atom is -0.365 e. The zero-order valence-electron chi connectivity index (χ0n) is 17.7. The molecule has 0 bridgehead atoms. The van der Waals surface area contributed by atoms with Crippen molar-refractivity contribution < 1.29 is 13.6 Å². The first-order chi connectivity index (χ1) is 15.6. The summed E-state index contributed by atoms with van der Waals surface area (Å²) in [5, 5.41) is 2.98. The van der Waals surface area contributed by atoms with Crippen LogP contribution in [0, 0.1) is 17.6 Å². The van der Waals surface area contributed by atoms with Gasteiger partial charge in [0.25, 0.3) is 0 Å². The molecule has 5 rings (SSSR count). The maximum absolute atomic E-state index is 13.3. The van der Waals surface area contributed by atoms with Gasteiger partial charge >= 0.3 is 0 Å². The van der Waals surface area contributed by atoms with Crippen LogP contribution in [0.15, 0.2) is 72.8 Å². The lowest BCUT2D eigenvalue weighted by molar-refractivity contribution is -0.121. The molecule has 1 fully saturated rings. The molecule has 2 atom stereocenters. The molecule has 3 aromatic carbocycles. The van der Waals surface area contributed by atoms with Gasteiger partial charge in [0.05, 0.1) is 12.0 Å². The maximum atomic E-state index is 13.3. The molecule has 0 aromatic heterocycles. The van der Waals surface area contributed by atoms with Gasteiger partial charge < -0.3 is 10.2 Å². The summed E-state index contributed by atoms with van der Waals surface area (Å²) in [5.41, 5.74) is 4.03. The van der Waals surface area contributed by atoms with Gasteiger partial charge in [0.1, 0.15) is 11.6 Å². The van der Waals surface area contributed by atoms with Crippen LogP contribution in [-0.2, 0) is 17.8 Å². The van der Waals surface area contributed by atoms with E-state index in [-0.39, 0.29) is 29.5 Å². The zero-order chi connectivity index (χ0) is 22.1. The van der Waals surface area contributed by atoms with Crippen LogP contribution < -0.4 is 10.2 Å². The number of hydrogen-bond donors (Lipinski definition) is 1. The molecule has 3 aromatic rings. The Labute approximate surface area is 186 Å². The van der Waals surface area contributed by atoms with E-state index in [2.05, 4.69) is 27.2 Å². The van der Waals surface area contributed by atoms with E-state index in [9.17, 15) is 13.6 Å². The number of rotatable bonds is 4. The molecular formula is C26H25F2N3O. The van der Waals surface area contributed by atoms with Crippen molar-refractivity contribution in [3.05, 3.63) is 95.6 Å². The molecule has 1 saturated heterocycles. The number of nitrogens with zero attached hydrogens (tertiary/aromatic N) is 2. The minimum absolute atomic E-state index is 0.0274. The number of carbonyl (C=O) groups excluding carboxylic acids is 1. The predicted octanol–water partition coefficient (Wildman–Crippen LogP) is 4.47. The summed E-state index contributed by atoms with van der Waals surface area (Å²) in [6.07, 6.45) is 0.661. The molecule has 2 aliphatic heterocycles. The maximum Gasteiger partial charge on any atom is 0.229 e. The highest BCUT2D eigenvalue weighted by Gasteiger charge is 2.41. The Bertz CT molecular complexity index is 1100. The third-order valence-corrected chi connectivity index (χ3v) is 6.48. The summed E-state index contributed by atoms with van der Waals surface area (Å²) in [6, 6.07) is 20.8. The van der Waals surface area contributed by atoms with E-state index in [1.54, 1.807) is 12.1 Å². The third kappa shape index (κ3) is 4.23. The third-order valence-electron chi connectivity index (χ3n) is 6.48. The average molecular weight is 434 g/mol. The molecule has 2 heterocycles. The van der Waals surface area contributed by atoms with Crippen LogP contribution in [0.2, 0.25) is 0 Å². The summed E-state index contributed by atoms with van der Waals surface area (Å²) in [5.74, 6) is -0.847. The summed E-state index contributed by atoms with van der Waals surface area (Å²) in [7, 11) is 0. The Hall–Kier alpha value is -3.25. The first-order valence-electron chi connectivity index (χ1n) is 10.9. The molecule has 1 N–H and O–H groups in total. The smallest absolute Gasteiger partial charge is 0.229 e. The minimum atomic E-state index is -0.329. The molecule has 0 aliphatic carbocycles. The first-order valence-corrected chi connectivity index (χ1v) is 10.9. The van der Waals surface area contributed by atoms with Gasteiger partial charge in [0, 0.05) is 37.6 Å². The number of halogens is 2. The van der Waals surface area contributed by atoms with Crippen molar-refractivity contribution in [3.63, 3.8) is 0 Å². The van der Waals surface area contributed by atoms with E-state index < -0.39 is 0 Å². The Morgan fingerprint density at radius 2 is 1.59 bits per heavy atom. The summed E-state index contributed by atoms with van der Waals surface area (Å²) in [6.45, 7) is 3.16. The number of fused-ring (bicyclic) bond motifs is 3. The largest absolute Gasteiger partial charge is 0.365 e. The average Bonchev–Trinajstić information content (AvgIpc) is 2.81. The lowest BCUT2D eigenvalue weighted by atomic mass is 9.83. The number of amides is 1. The van der Waals surface area contributed by atoms with Crippen LogP contribution in [0.5, 0.6) is 0 Å². The number of para-hydroxylation sites is 1. The molecule has 2 aliphatic rings. The van der Waals surface area contributed by atoms with E-state index >= 15 is 0 Å². The van der Waals surface area contributed by atoms with Gasteiger partial charge in [0.15, 0.2) is 0 Å². The van der Waals surface area contributed by atoms with E-state index in [1.165, 1.54) is 35.5 Å². The lowest BCUT2D eigenvalue weighted by Crippen LogP contribution is -2.60. The van der Waals surface area contributed by atoms with Gasteiger partial charge in [-0.25, -0.2) is 8.78 Å². The van der Waals surface area contributed by atoms with E-state index in [0.29, 0.717) is 12.1 Å². The number of benzene rings is 3. The Morgan fingerprint density at radius 3 is 2.34 bits per heavy atom. The molecule has 0 spiro atoms. The van der Waals surface area contributed by atoms with Gasteiger partial charge in [-0.15, -0.1) is 0 Å². The van der Waals surface area contributed by atoms with E-state index in [0.717, 1.165) is 31.7 Å². The van der Waals surface area contributed by atoms with Crippen molar-refractivity contribution in [3.8, 4) is 0 Å².